The molecule has 0 amide bonds. The summed E-state index contributed by atoms with van der Waals surface area (Å²) in [7, 11) is 4.80. The lowest BCUT2D eigenvalue weighted by Crippen LogP contribution is -2.30. The minimum atomic E-state index is 0.396. The summed E-state index contributed by atoms with van der Waals surface area (Å²) in [6.45, 7) is 4.56. The highest BCUT2D eigenvalue weighted by Gasteiger charge is 2.48. The quantitative estimate of drug-likeness (QED) is 0.228. The maximum atomic E-state index is 6.22. The molecule has 0 radical (unpaired) electrons. The third-order valence-electron chi connectivity index (χ3n) is 6.81. The third kappa shape index (κ3) is 7.03. The summed E-state index contributed by atoms with van der Waals surface area (Å²) >= 11 is 0. The van der Waals surface area contributed by atoms with Crippen LogP contribution in [0, 0.1) is 11.8 Å². The predicted octanol–water partition coefficient (Wildman–Crippen LogP) is 5.82. The Bertz CT molecular complexity index is 708. The van der Waals surface area contributed by atoms with Crippen molar-refractivity contribution in [2.24, 2.45) is 11.8 Å². The SMILES string of the molecule is CCCCCCOC[C@H]1[C@@H](CC=CCCOc2cc(OC)c(OC)c(OC)c2)[C@H]2CC[C@@H]1O2. The van der Waals surface area contributed by atoms with Gasteiger partial charge in [0.25, 0.3) is 0 Å². The molecule has 4 atom stereocenters. The Morgan fingerprint density at radius 2 is 1.61 bits per heavy atom. The molecule has 6 nitrogen and oxygen atoms in total. The topological polar surface area (TPSA) is 55.4 Å². The van der Waals surface area contributed by atoms with E-state index in [1.165, 1.54) is 38.5 Å². The zero-order valence-electron chi connectivity index (χ0n) is 20.8. The maximum Gasteiger partial charge on any atom is 0.203 e. The molecule has 1 aromatic rings. The number of methoxy groups -OCH3 is 3. The lowest BCUT2D eigenvalue weighted by Gasteiger charge is -2.27. The fourth-order valence-corrected chi connectivity index (χ4v) is 5.03. The van der Waals surface area contributed by atoms with Crippen LogP contribution in [0.4, 0.5) is 0 Å². The van der Waals surface area contributed by atoms with Gasteiger partial charge in [0, 0.05) is 24.7 Å². The van der Waals surface area contributed by atoms with Gasteiger partial charge in [0.15, 0.2) is 11.5 Å². The van der Waals surface area contributed by atoms with E-state index in [9.17, 15) is 0 Å². The Morgan fingerprint density at radius 1 is 0.879 bits per heavy atom. The Balaban J connectivity index is 1.41. The smallest absolute Gasteiger partial charge is 0.203 e. The molecule has 1 aromatic carbocycles. The summed E-state index contributed by atoms with van der Waals surface area (Å²) in [6.07, 6.45) is 14.6. The standard InChI is InChI=1S/C27H42O6/c1-5-6-7-10-15-31-19-22-21(23-13-14-24(22)33-23)12-9-8-11-16-32-20-17-25(28-2)27(30-4)26(18-20)29-3/h8-9,17-18,21-24H,5-7,10-16,19H2,1-4H3/t21-,22+,23-,24+/m1/s1. The van der Waals surface area contributed by atoms with Gasteiger partial charge in [-0.25, -0.2) is 0 Å². The first-order valence-corrected chi connectivity index (χ1v) is 12.5. The van der Waals surface area contributed by atoms with E-state index in [4.69, 9.17) is 28.4 Å². The van der Waals surface area contributed by atoms with Crippen LogP contribution in [-0.2, 0) is 9.47 Å². The highest BCUT2D eigenvalue weighted by atomic mass is 16.5. The molecule has 2 fully saturated rings. The van der Waals surface area contributed by atoms with Crippen LogP contribution in [0.15, 0.2) is 24.3 Å². The van der Waals surface area contributed by atoms with Crippen molar-refractivity contribution >= 4 is 0 Å². The Morgan fingerprint density at radius 3 is 2.27 bits per heavy atom. The normalized spacial score (nSPS) is 23.9. The zero-order chi connectivity index (χ0) is 23.5. The molecule has 6 heteroatoms. The second-order valence-electron chi connectivity index (χ2n) is 8.96. The van der Waals surface area contributed by atoms with E-state index in [1.54, 1.807) is 21.3 Å². The average Bonchev–Trinajstić information content (AvgIpc) is 3.44. The first-order valence-electron chi connectivity index (χ1n) is 12.5. The van der Waals surface area contributed by atoms with Crippen LogP contribution in [0.1, 0.15) is 58.3 Å². The highest BCUT2D eigenvalue weighted by Crippen LogP contribution is 2.45. The van der Waals surface area contributed by atoms with Gasteiger partial charge < -0.3 is 28.4 Å². The molecule has 0 unspecified atom stereocenters. The summed E-state index contributed by atoms with van der Waals surface area (Å²) in [5.74, 6) is 3.58. The van der Waals surface area contributed by atoms with Gasteiger partial charge in [0.1, 0.15) is 5.75 Å². The van der Waals surface area contributed by atoms with Crippen LogP contribution < -0.4 is 18.9 Å². The number of unbranched alkanes of at least 4 members (excludes halogenated alkanes) is 3. The second kappa shape index (κ2) is 13.7. The van der Waals surface area contributed by atoms with E-state index < -0.39 is 0 Å². The minimum absolute atomic E-state index is 0.396. The van der Waals surface area contributed by atoms with E-state index in [0.717, 1.165) is 26.1 Å². The molecule has 2 aliphatic rings. The molecule has 0 saturated carbocycles. The van der Waals surface area contributed by atoms with Crippen molar-refractivity contribution in [3.63, 3.8) is 0 Å². The molecule has 186 valence electrons. The van der Waals surface area contributed by atoms with Gasteiger partial charge in [-0.3, -0.25) is 0 Å². The summed E-state index contributed by atoms with van der Waals surface area (Å²) in [5.41, 5.74) is 0. The van der Waals surface area contributed by atoms with Gasteiger partial charge in [-0.05, 0) is 38.0 Å². The van der Waals surface area contributed by atoms with Gasteiger partial charge >= 0.3 is 0 Å². The lowest BCUT2D eigenvalue weighted by molar-refractivity contribution is 0.0478. The number of hydrogen-bond donors (Lipinski definition) is 0. The second-order valence-corrected chi connectivity index (χ2v) is 8.96. The average molecular weight is 463 g/mol. The van der Waals surface area contributed by atoms with Crippen molar-refractivity contribution in [1.82, 2.24) is 0 Å². The number of hydrogen-bond acceptors (Lipinski definition) is 6. The Hall–Kier alpha value is -1.92. The van der Waals surface area contributed by atoms with E-state index in [2.05, 4.69) is 19.1 Å². The van der Waals surface area contributed by atoms with Crippen molar-refractivity contribution < 1.29 is 28.4 Å². The molecule has 0 aliphatic carbocycles. The van der Waals surface area contributed by atoms with Crippen molar-refractivity contribution in [3.05, 3.63) is 24.3 Å². The molecule has 0 aromatic heterocycles. The molecule has 2 saturated heterocycles. The van der Waals surface area contributed by atoms with Crippen molar-refractivity contribution in [1.29, 1.82) is 0 Å². The fraction of sp³-hybridized carbons (Fsp3) is 0.704. The molecule has 0 spiro atoms. The number of fused-ring (bicyclic) bond motifs is 2. The van der Waals surface area contributed by atoms with Crippen LogP contribution >= 0.6 is 0 Å². The largest absolute Gasteiger partial charge is 0.493 e. The van der Waals surface area contributed by atoms with Gasteiger partial charge in [-0.2, -0.15) is 0 Å². The third-order valence-corrected chi connectivity index (χ3v) is 6.81. The Labute approximate surface area is 199 Å². The van der Waals surface area contributed by atoms with Crippen molar-refractivity contribution in [2.75, 3.05) is 41.2 Å². The van der Waals surface area contributed by atoms with Gasteiger partial charge in [-0.15, -0.1) is 0 Å². The summed E-state index contributed by atoms with van der Waals surface area (Å²) < 4.78 is 34.3. The predicted molar refractivity (Wildman–Crippen MR) is 130 cm³/mol. The molecule has 33 heavy (non-hydrogen) atoms. The van der Waals surface area contributed by atoms with Crippen LogP contribution in [0.3, 0.4) is 0 Å². The monoisotopic (exact) mass is 462 g/mol. The van der Waals surface area contributed by atoms with Crippen molar-refractivity contribution in [2.45, 2.75) is 70.5 Å². The number of benzene rings is 1. The first-order chi connectivity index (χ1) is 16.2. The zero-order valence-corrected chi connectivity index (χ0v) is 20.8. The lowest BCUT2D eigenvalue weighted by atomic mass is 9.78. The molecule has 0 N–H and O–H groups in total. The summed E-state index contributed by atoms with van der Waals surface area (Å²) in [6, 6.07) is 3.65. The molecule has 2 heterocycles. The van der Waals surface area contributed by atoms with Crippen molar-refractivity contribution in [3.8, 4) is 23.0 Å². The molecule has 3 rings (SSSR count). The number of rotatable bonds is 16. The van der Waals surface area contributed by atoms with Crippen LogP contribution in [-0.4, -0.2) is 53.4 Å². The van der Waals surface area contributed by atoms with Crippen LogP contribution in [0.2, 0.25) is 0 Å². The molecule has 2 bridgehead atoms. The highest BCUT2D eigenvalue weighted by molar-refractivity contribution is 5.55. The van der Waals surface area contributed by atoms with E-state index in [-0.39, 0.29) is 0 Å². The summed E-state index contributed by atoms with van der Waals surface area (Å²) in [5, 5.41) is 0. The van der Waals surface area contributed by atoms with E-state index in [0.29, 0.717) is 53.6 Å². The molecule has 2 aliphatic heterocycles. The minimum Gasteiger partial charge on any atom is -0.493 e. The molecular weight excluding hydrogens is 420 g/mol. The fourth-order valence-electron chi connectivity index (χ4n) is 5.03. The first kappa shape index (κ1) is 25.7. The van der Waals surface area contributed by atoms with Gasteiger partial charge in [-0.1, -0.05) is 38.3 Å². The maximum absolute atomic E-state index is 6.22. The van der Waals surface area contributed by atoms with E-state index >= 15 is 0 Å². The van der Waals surface area contributed by atoms with Gasteiger partial charge in [0.2, 0.25) is 5.75 Å². The number of allylic oxidation sites excluding steroid dienone is 1. The van der Waals surface area contributed by atoms with Crippen LogP contribution in [0.5, 0.6) is 23.0 Å². The summed E-state index contributed by atoms with van der Waals surface area (Å²) in [4.78, 5) is 0. The van der Waals surface area contributed by atoms with Crippen LogP contribution in [0.25, 0.3) is 0 Å². The molecular formula is C27H42O6. The van der Waals surface area contributed by atoms with Gasteiger partial charge in [0.05, 0.1) is 46.8 Å². The number of ether oxygens (including phenoxy) is 6. The Kier molecular flexibility index (Phi) is 10.7. The van der Waals surface area contributed by atoms with E-state index in [1.807, 2.05) is 12.1 Å².